The highest BCUT2D eigenvalue weighted by molar-refractivity contribution is 5.94. The fourth-order valence-corrected chi connectivity index (χ4v) is 2.21. The van der Waals surface area contributed by atoms with E-state index in [0.29, 0.717) is 17.1 Å². The first-order valence-corrected chi connectivity index (χ1v) is 7.40. The summed E-state index contributed by atoms with van der Waals surface area (Å²) in [4.78, 5) is 35.1. The maximum absolute atomic E-state index is 12.1. The number of imidazole rings is 1. The van der Waals surface area contributed by atoms with Gasteiger partial charge < -0.3 is 20.4 Å². The lowest BCUT2D eigenvalue weighted by Crippen LogP contribution is -2.37. The highest BCUT2D eigenvalue weighted by Crippen LogP contribution is 2.18. The molecule has 0 spiro atoms. The molecule has 0 radical (unpaired) electrons. The third-order valence-corrected chi connectivity index (χ3v) is 3.10. The zero-order valence-electron chi connectivity index (χ0n) is 13.6. The van der Waals surface area contributed by atoms with Crippen molar-refractivity contribution in [2.75, 3.05) is 11.9 Å². The van der Waals surface area contributed by atoms with Crippen LogP contribution in [0.1, 0.15) is 20.8 Å². The van der Waals surface area contributed by atoms with Crippen molar-refractivity contribution in [3.63, 3.8) is 0 Å². The van der Waals surface area contributed by atoms with Gasteiger partial charge in [0.05, 0.1) is 17.9 Å². The van der Waals surface area contributed by atoms with Crippen LogP contribution in [0, 0.1) is 0 Å². The standard InChI is InChI=1S/C15H18N6O3/c1-15(2,3)24-14(23)19-8-12(22)20-11-7-17-10-6-18-13-9(21(10)11)4-5-16-13/h4-7,16H,8H2,1-3H3,(H,19,23)(H,20,22). The lowest BCUT2D eigenvalue weighted by atomic mass is 10.2. The van der Waals surface area contributed by atoms with E-state index in [1.54, 1.807) is 37.6 Å². The molecular weight excluding hydrogens is 312 g/mol. The van der Waals surface area contributed by atoms with Crippen LogP contribution in [0.3, 0.4) is 0 Å². The Bertz CT molecular complexity index is 905. The maximum atomic E-state index is 12.1. The number of amides is 2. The number of H-pyrrole nitrogens is 1. The molecule has 2 amide bonds. The second kappa shape index (κ2) is 5.84. The van der Waals surface area contributed by atoms with Gasteiger partial charge in [0.15, 0.2) is 11.3 Å². The number of fused-ring (bicyclic) bond motifs is 3. The van der Waals surface area contributed by atoms with Gasteiger partial charge in [0.1, 0.15) is 18.0 Å². The lowest BCUT2D eigenvalue weighted by molar-refractivity contribution is -0.115. The smallest absolute Gasteiger partial charge is 0.408 e. The van der Waals surface area contributed by atoms with Crippen LogP contribution in [0.4, 0.5) is 10.6 Å². The molecule has 0 fully saturated rings. The van der Waals surface area contributed by atoms with Gasteiger partial charge in [0.25, 0.3) is 0 Å². The third-order valence-electron chi connectivity index (χ3n) is 3.10. The topological polar surface area (TPSA) is 113 Å². The number of carbonyl (C=O) groups excluding carboxylic acids is 2. The normalized spacial score (nSPS) is 11.6. The van der Waals surface area contributed by atoms with Gasteiger partial charge in [0, 0.05) is 6.20 Å². The quantitative estimate of drug-likeness (QED) is 0.676. The number of anilines is 1. The molecule has 0 aliphatic rings. The van der Waals surface area contributed by atoms with E-state index in [0.717, 1.165) is 5.52 Å². The Morgan fingerprint density at radius 2 is 2.08 bits per heavy atom. The Hall–Kier alpha value is -3.10. The summed E-state index contributed by atoms with van der Waals surface area (Å²) in [5.41, 5.74) is 1.47. The van der Waals surface area contributed by atoms with Gasteiger partial charge >= 0.3 is 6.09 Å². The number of rotatable bonds is 3. The molecule has 126 valence electrons. The fraction of sp³-hybridized carbons (Fsp3) is 0.333. The number of ether oxygens (including phenoxy) is 1. The van der Waals surface area contributed by atoms with Crippen LogP contribution >= 0.6 is 0 Å². The fourth-order valence-electron chi connectivity index (χ4n) is 2.21. The monoisotopic (exact) mass is 330 g/mol. The van der Waals surface area contributed by atoms with Gasteiger partial charge in [-0.25, -0.2) is 14.8 Å². The number of nitrogens with zero attached hydrogens (tertiary/aromatic N) is 3. The molecule has 3 aromatic rings. The molecule has 9 heteroatoms. The third kappa shape index (κ3) is 3.29. The van der Waals surface area contributed by atoms with E-state index in [1.807, 2.05) is 6.07 Å². The van der Waals surface area contributed by atoms with E-state index < -0.39 is 11.7 Å². The molecule has 3 aromatic heterocycles. The second-order valence-electron chi connectivity index (χ2n) is 6.21. The summed E-state index contributed by atoms with van der Waals surface area (Å²) >= 11 is 0. The maximum Gasteiger partial charge on any atom is 0.408 e. The molecule has 0 saturated heterocycles. The zero-order valence-corrected chi connectivity index (χ0v) is 13.6. The van der Waals surface area contributed by atoms with Crippen molar-refractivity contribution in [2.45, 2.75) is 26.4 Å². The number of alkyl carbamates (subject to hydrolysis) is 1. The molecule has 24 heavy (non-hydrogen) atoms. The summed E-state index contributed by atoms with van der Waals surface area (Å²) in [6, 6.07) is 1.84. The first-order chi connectivity index (χ1) is 11.3. The highest BCUT2D eigenvalue weighted by atomic mass is 16.6. The molecule has 9 nitrogen and oxygen atoms in total. The van der Waals surface area contributed by atoms with Gasteiger partial charge in [-0.1, -0.05) is 0 Å². The molecule has 0 unspecified atom stereocenters. The molecule has 0 saturated carbocycles. The highest BCUT2D eigenvalue weighted by Gasteiger charge is 2.17. The molecule has 0 aliphatic carbocycles. The van der Waals surface area contributed by atoms with E-state index in [9.17, 15) is 9.59 Å². The van der Waals surface area contributed by atoms with Crippen LogP contribution in [0.15, 0.2) is 24.7 Å². The summed E-state index contributed by atoms with van der Waals surface area (Å²) < 4.78 is 6.85. The van der Waals surface area contributed by atoms with Gasteiger partial charge in [-0.2, -0.15) is 0 Å². The van der Waals surface area contributed by atoms with Crippen molar-refractivity contribution in [3.8, 4) is 0 Å². The minimum atomic E-state index is -0.645. The molecule has 3 heterocycles. The van der Waals surface area contributed by atoms with Crippen molar-refractivity contribution in [2.24, 2.45) is 0 Å². The Labute approximate surface area is 137 Å². The van der Waals surface area contributed by atoms with E-state index in [2.05, 4.69) is 25.6 Å². The number of hydrogen-bond acceptors (Lipinski definition) is 5. The molecule has 0 aromatic carbocycles. The van der Waals surface area contributed by atoms with Crippen molar-refractivity contribution < 1.29 is 14.3 Å². The van der Waals surface area contributed by atoms with Crippen LogP contribution in [-0.2, 0) is 9.53 Å². The number of aromatic nitrogens is 4. The summed E-state index contributed by atoms with van der Waals surface area (Å²) in [7, 11) is 0. The average Bonchev–Trinajstić information content (AvgIpc) is 3.09. The van der Waals surface area contributed by atoms with Crippen molar-refractivity contribution in [1.29, 1.82) is 0 Å². The van der Waals surface area contributed by atoms with Crippen LogP contribution in [-0.4, -0.2) is 43.5 Å². The molecule has 0 bridgehead atoms. The Morgan fingerprint density at radius 1 is 1.29 bits per heavy atom. The number of nitrogens with one attached hydrogen (secondary N) is 3. The number of carbonyl (C=O) groups is 2. The van der Waals surface area contributed by atoms with Gasteiger partial charge in [0.2, 0.25) is 5.91 Å². The van der Waals surface area contributed by atoms with E-state index in [4.69, 9.17) is 4.74 Å². The Morgan fingerprint density at radius 3 is 2.83 bits per heavy atom. The van der Waals surface area contributed by atoms with Gasteiger partial charge in [-0.3, -0.25) is 9.20 Å². The van der Waals surface area contributed by atoms with E-state index >= 15 is 0 Å². The van der Waals surface area contributed by atoms with Crippen LogP contribution in [0.5, 0.6) is 0 Å². The predicted molar refractivity (Wildman–Crippen MR) is 87.7 cm³/mol. The lowest BCUT2D eigenvalue weighted by Gasteiger charge is -2.19. The molecule has 3 rings (SSSR count). The Kier molecular flexibility index (Phi) is 3.84. The van der Waals surface area contributed by atoms with Crippen molar-refractivity contribution in [3.05, 3.63) is 24.7 Å². The van der Waals surface area contributed by atoms with Crippen LogP contribution < -0.4 is 10.6 Å². The summed E-state index contributed by atoms with van der Waals surface area (Å²) in [5.74, 6) is 0.108. The predicted octanol–water partition coefficient (Wildman–Crippen LogP) is 1.67. The minimum Gasteiger partial charge on any atom is -0.444 e. The molecule has 0 atom stereocenters. The van der Waals surface area contributed by atoms with Gasteiger partial charge in [-0.05, 0) is 26.8 Å². The van der Waals surface area contributed by atoms with Crippen LogP contribution in [0.25, 0.3) is 16.8 Å². The van der Waals surface area contributed by atoms with E-state index in [1.165, 1.54) is 6.20 Å². The zero-order chi connectivity index (χ0) is 17.3. The SMILES string of the molecule is CC(C)(C)OC(=O)NCC(=O)Nc1cnc2cnc3[nH]ccc3n12. The molecular formula is C15H18N6O3. The van der Waals surface area contributed by atoms with Crippen molar-refractivity contribution in [1.82, 2.24) is 24.7 Å². The summed E-state index contributed by atoms with van der Waals surface area (Å²) in [6.07, 6.45) is 4.25. The summed E-state index contributed by atoms with van der Waals surface area (Å²) in [6.45, 7) is 5.05. The number of hydrogen-bond donors (Lipinski definition) is 3. The molecule has 3 N–H and O–H groups in total. The second-order valence-corrected chi connectivity index (χ2v) is 6.21. The van der Waals surface area contributed by atoms with Crippen molar-refractivity contribution >= 4 is 34.6 Å². The minimum absolute atomic E-state index is 0.205. The Balaban J connectivity index is 1.70. The largest absolute Gasteiger partial charge is 0.444 e. The van der Waals surface area contributed by atoms with Gasteiger partial charge in [-0.15, -0.1) is 0 Å². The molecule has 0 aliphatic heterocycles. The first-order valence-electron chi connectivity index (χ1n) is 7.40. The summed E-state index contributed by atoms with van der Waals surface area (Å²) in [5, 5.41) is 5.12. The first kappa shape index (κ1) is 15.8. The number of aromatic amines is 1. The average molecular weight is 330 g/mol. The van der Waals surface area contributed by atoms with Crippen LogP contribution in [0.2, 0.25) is 0 Å². The van der Waals surface area contributed by atoms with E-state index in [-0.39, 0.29) is 12.5 Å².